The Hall–Kier alpha value is -1.98. The highest BCUT2D eigenvalue weighted by molar-refractivity contribution is 9.10. The molecule has 0 bridgehead atoms. The second-order valence-corrected chi connectivity index (χ2v) is 8.23. The lowest BCUT2D eigenvalue weighted by Crippen LogP contribution is -2.49. The lowest BCUT2D eigenvalue weighted by molar-refractivity contribution is -0.171. The first-order chi connectivity index (χ1) is 13.0. The van der Waals surface area contributed by atoms with Gasteiger partial charge in [0, 0.05) is 22.9 Å². The van der Waals surface area contributed by atoms with Crippen molar-refractivity contribution in [1.29, 1.82) is 0 Å². The molecule has 5 heteroatoms. The van der Waals surface area contributed by atoms with Crippen LogP contribution in [0.1, 0.15) is 43.7 Å². The van der Waals surface area contributed by atoms with Crippen molar-refractivity contribution in [3.8, 4) is 0 Å². The van der Waals surface area contributed by atoms with Crippen LogP contribution in [0.4, 0.5) is 5.69 Å². The number of hydrogen-bond donors (Lipinski definition) is 0. The third-order valence-electron chi connectivity index (χ3n) is 5.34. The van der Waals surface area contributed by atoms with Crippen LogP contribution in [0, 0.1) is 0 Å². The number of ether oxygens (including phenoxy) is 1. The molecule has 27 heavy (non-hydrogen) atoms. The first-order valence-electron chi connectivity index (χ1n) is 9.39. The molecule has 1 spiro atoms. The van der Waals surface area contributed by atoms with Gasteiger partial charge in [-0.2, -0.15) is 0 Å². The average molecular weight is 428 g/mol. The number of rotatable bonds is 4. The molecule has 140 valence electrons. The van der Waals surface area contributed by atoms with Gasteiger partial charge in [0.15, 0.2) is 5.60 Å². The van der Waals surface area contributed by atoms with Gasteiger partial charge >= 0.3 is 0 Å². The van der Waals surface area contributed by atoms with Gasteiger partial charge in [-0.3, -0.25) is 9.59 Å². The van der Waals surface area contributed by atoms with Crippen LogP contribution in [0.5, 0.6) is 0 Å². The second kappa shape index (κ2) is 7.21. The van der Waals surface area contributed by atoms with E-state index in [2.05, 4.69) is 22.9 Å². The predicted octanol–water partition coefficient (Wildman–Crippen LogP) is 4.74. The van der Waals surface area contributed by atoms with E-state index in [1.807, 2.05) is 48.5 Å². The van der Waals surface area contributed by atoms with Crippen molar-refractivity contribution in [3.63, 3.8) is 0 Å². The minimum atomic E-state index is -1.19. The van der Waals surface area contributed by atoms with Gasteiger partial charge < -0.3 is 9.64 Å². The van der Waals surface area contributed by atoms with E-state index in [9.17, 15) is 9.59 Å². The van der Waals surface area contributed by atoms with E-state index in [1.54, 1.807) is 4.90 Å². The molecule has 4 nitrogen and oxygen atoms in total. The fraction of sp³-hybridized carbons (Fsp3) is 0.364. The zero-order valence-electron chi connectivity index (χ0n) is 15.3. The number of halogens is 1. The largest absolute Gasteiger partial charge is 0.356 e. The highest BCUT2D eigenvalue weighted by Gasteiger charge is 2.56. The van der Waals surface area contributed by atoms with E-state index < -0.39 is 5.60 Å². The number of nitrogens with zero attached hydrogens (tertiary/aromatic N) is 1. The van der Waals surface area contributed by atoms with E-state index in [1.165, 1.54) is 0 Å². The van der Waals surface area contributed by atoms with Crippen LogP contribution in [-0.2, 0) is 26.5 Å². The Morgan fingerprint density at radius 1 is 1.19 bits per heavy atom. The predicted molar refractivity (Wildman–Crippen MR) is 107 cm³/mol. The van der Waals surface area contributed by atoms with Crippen molar-refractivity contribution >= 4 is 33.3 Å². The summed E-state index contributed by atoms with van der Waals surface area (Å²) in [5, 5.41) is 0. The quantitative estimate of drug-likeness (QED) is 0.707. The molecule has 0 saturated carbocycles. The van der Waals surface area contributed by atoms with Crippen molar-refractivity contribution in [2.75, 3.05) is 4.90 Å². The van der Waals surface area contributed by atoms with Crippen LogP contribution in [0.3, 0.4) is 0 Å². The highest BCUT2D eigenvalue weighted by Crippen LogP contribution is 2.49. The summed E-state index contributed by atoms with van der Waals surface area (Å²) in [7, 11) is 0. The maximum Gasteiger partial charge on any atom is 0.264 e. The molecule has 2 aliphatic heterocycles. The third-order valence-corrected chi connectivity index (χ3v) is 5.83. The zero-order valence-corrected chi connectivity index (χ0v) is 16.9. The molecule has 2 aliphatic rings. The van der Waals surface area contributed by atoms with Crippen LogP contribution in [0.25, 0.3) is 0 Å². The zero-order chi connectivity index (χ0) is 19.0. The van der Waals surface area contributed by atoms with Crippen molar-refractivity contribution in [3.05, 3.63) is 64.1 Å². The lowest BCUT2D eigenvalue weighted by atomic mass is 9.84. The standard InChI is InChI=1S/C22H22BrNO3/c1-2-6-18-12-17(25)13-22(27-18)19-11-16(23)9-10-20(19)24(21(22)26)14-15-7-4-3-5-8-15/h3-5,7-11,18H,2,6,12-14H2,1H3/t18-,22-/m1/s1. The molecule has 0 N–H and O–H groups in total. The highest BCUT2D eigenvalue weighted by atomic mass is 79.9. The molecule has 2 aromatic carbocycles. The Kier molecular flexibility index (Phi) is 4.91. The molecule has 1 amide bonds. The molecule has 0 aliphatic carbocycles. The Morgan fingerprint density at radius 2 is 1.96 bits per heavy atom. The maximum absolute atomic E-state index is 13.6. The topological polar surface area (TPSA) is 46.6 Å². The number of fused-ring (bicyclic) bond motifs is 2. The SMILES string of the molecule is CCC[C@@H]1CC(=O)C[C@]2(O1)C(=O)N(Cc1ccccc1)c1ccc(Br)cc12. The van der Waals surface area contributed by atoms with Crippen molar-refractivity contribution < 1.29 is 14.3 Å². The molecule has 2 aromatic rings. The minimum Gasteiger partial charge on any atom is -0.356 e. The van der Waals surface area contributed by atoms with Crippen LogP contribution in [0.15, 0.2) is 53.0 Å². The van der Waals surface area contributed by atoms with Gasteiger partial charge in [0.1, 0.15) is 5.78 Å². The van der Waals surface area contributed by atoms with E-state index in [-0.39, 0.29) is 24.2 Å². The maximum atomic E-state index is 13.6. The van der Waals surface area contributed by atoms with E-state index in [0.29, 0.717) is 13.0 Å². The van der Waals surface area contributed by atoms with Gasteiger partial charge in [-0.15, -0.1) is 0 Å². The summed E-state index contributed by atoms with van der Waals surface area (Å²) in [4.78, 5) is 27.9. The first-order valence-corrected chi connectivity index (χ1v) is 10.2. The number of benzene rings is 2. The van der Waals surface area contributed by atoms with Crippen LogP contribution in [-0.4, -0.2) is 17.8 Å². The van der Waals surface area contributed by atoms with Gasteiger partial charge in [0.05, 0.1) is 18.3 Å². The number of carbonyl (C=O) groups is 2. The van der Waals surface area contributed by atoms with Crippen LogP contribution in [0.2, 0.25) is 0 Å². The molecule has 2 atom stereocenters. The van der Waals surface area contributed by atoms with Crippen LogP contribution >= 0.6 is 15.9 Å². The van der Waals surface area contributed by atoms with Gasteiger partial charge in [-0.25, -0.2) is 0 Å². The molecule has 1 fully saturated rings. The molecular formula is C22H22BrNO3. The van der Waals surface area contributed by atoms with Gasteiger partial charge in [0.25, 0.3) is 5.91 Å². The number of ketones is 1. The monoisotopic (exact) mass is 427 g/mol. The summed E-state index contributed by atoms with van der Waals surface area (Å²) in [6, 6.07) is 15.7. The fourth-order valence-electron chi connectivity index (χ4n) is 4.17. The molecule has 0 radical (unpaired) electrons. The van der Waals surface area contributed by atoms with Gasteiger partial charge in [0.2, 0.25) is 0 Å². The normalized spacial score (nSPS) is 24.5. The fourth-order valence-corrected chi connectivity index (χ4v) is 4.53. The molecule has 1 saturated heterocycles. The number of amides is 1. The van der Waals surface area contributed by atoms with Crippen molar-refractivity contribution in [2.24, 2.45) is 0 Å². The van der Waals surface area contributed by atoms with E-state index in [4.69, 9.17) is 4.74 Å². The average Bonchev–Trinajstić information content (AvgIpc) is 2.85. The number of hydrogen-bond acceptors (Lipinski definition) is 3. The molecule has 0 aromatic heterocycles. The third kappa shape index (κ3) is 3.23. The summed E-state index contributed by atoms with van der Waals surface area (Å²) in [5.41, 5.74) is 1.48. The lowest BCUT2D eigenvalue weighted by Gasteiger charge is -2.37. The van der Waals surface area contributed by atoms with Gasteiger partial charge in [-0.05, 0) is 30.2 Å². The molecule has 4 rings (SSSR count). The van der Waals surface area contributed by atoms with Crippen molar-refractivity contribution in [1.82, 2.24) is 0 Å². The minimum absolute atomic E-state index is 0.0977. The summed E-state index contributed by atoms with van der Waals surface area (Å²) in [6.07, 6.45) is 2.00. The second-order valence-electron chi connectivity index (χ2n) is 7.31. The Balaban J connectivity index is 1.78. The first kappa shape index (κ1) is 18.4. The molecule has 2 heterocycles. The Morgan fingerprint density at radius 3 is 2.70 bits per heavy atom. The van der Waals surface area contributed by atoms with Crippen LogP contribution < -0.4 is 4.90 Å². The van der Waals surface area contributed by atoms with E-state index >= 15 is 0 Å². The summed E-state index contributed by atoms with van der Waals surface area (Å²) in [5.74, 6) is -0.0332. The number of anilines is 1. The summed E-state index contributed by atoms with van der Waals surface area (Å²) < 4.78 is 7.25. The Bertz CT molecular complexity index is 882. The van der Waals surface area contributed by atoms with Gasteiger partial charge in [-0.1, -0.05) is 59.6 Å². The summed E-state index contributed by atoms with van der Waals surface area (Å²) in [6.45, 7) is 2.53. The molecular weight excluding hydrogens is 406 g/mol. The number of carbonyl (C=O) groups excluding carboxylic acids is 2. The van der Waals surface area contributed by atoms with Crippen molar-refractivity contribution in [2.45, 2.75) is 50.9 Å². The smallest absolute Gasteiger partial charge is 0.264 e. The summed E-state index contributed by atoms with van der Waals surface area (Å²) >= 11 is 3.51. The Labute approximate surface area is 167 Å². The number of Topliss-reactive ketones (excluding diaryl/α,β-unsaturated/α-hetero) is 1. The van der Waals surface area contributed by atoms with E-state index in [0.717, 1.165) is 34.1 Å². The molecule has 0 unspecified atom stereocenters.